The lowest BCUT2D eigenvalue weighted by Gasteiger charge is -2.33. The van der Waals surface area contributed by atoms with Crippen LogP contribution in [0.3, 0.4) is 0 Å². The van der Waals surface area contributed by atoms with Crippen LogP contribution in [0.2, 0.25) is 0 Å². The van der Waals surface area contributed by atoms with Crippen molar-refractivity contribution in [2.75, 3.05) is 26.8 Å². The number of unbranched alkanes of at least 4 members (excludes halogenated alkanes) is 1. The maximum Gasteiger partial charge on any atom is 0.226 e. The van der Waals surface area contributed by atoms with Crippen LogP contribution in [0, 0.1) is 0 Å². The van der Waals surface area contributed by atoms with Crippen molar-refractivity contribution in [3.63, 3.8) is 0 Å². The Morgan fingerprint density at radius 1 is 1.42 bits per heavy atom. The van der Waals surface area contributed by atoms with Crippen LogP contribution in [-0.2, 0) is 27.3 Å². The molecule has 2 amide bonds. The van der Waals surface area contributed by atoms with Crippen LogP contribution in [0.15, 0.2) is 6.20 Å². The Labute approximate surface area is 143 Å². The zero-order valence-corrected chi connectivity index (χ0v) is 14.9. The lowest BCUT2D eigenvalue weighted by molar-refractivity contribution is -0.134. The zero-order chi connectivity index (χ0) is 17.5. The van der Waals surface area contributed by atoms with E-state index in [4.69, 9.17) is 4.74 Å². The first-order valence-electron chi connectivity index (χ1n) is 8.67. The summed E-state index contributed by atoms with van der Waals surface area (Å²) in [5.41, 5.74) is 0.745. The lowest BCUT2D eigenvalue weighted by Crippen LogP contribution is -2.41. The summed E-state index contributed by atoms with van der Waals surface area (Å²) in [4.78, 5) is 30.7. The van der Waals surface area contributed by atoms with Gasteiger partial charge in [-0.3, -0.25) is 9.59 Å². The summed E-state index contributed by atoms with van der Waals surface area (Å²) in [6.07, 6.45) is 4.71. The molecule has 134 valence electrons. The number of carbonyl (C=O) groups excluding carboxylic acids is 2. The number of rotatable bonds is 8. The molecule has 1 N–H and O–H groups in total. The molecule has 0 spiro atoms. The van der Waals surface area contributed by atoms with Gasteiger partial charge < -0.3 is 19.5 Å². The molecule has 0 aromatic carbocycles. The third-order valence-electron chi connectivity index (χ3n) is 4.31. The number of nitrogens with zero attached hydrogens (tertiary/aromatic N) is 3. The van der Waals surface area contributed by atoms with E-state index in [1.54, 1.807) is 7.11 Å². The predicted octanol–water partition coefficient (Wildman–Crippen LogP) is 1.28. The van der Waals surface area contributed by atoms with Gasteiger partial charge in [-0.1, -0.05) is 13.3 Å². The van der Waals surface area contributed by atoms with Crippen LogP contribution in [0.4, 0.5) is 0 Å². The highest BCUT2D eigenvalue weighted by Gasteiger charge is 2.29. The molecule has 7 nitrogen and oxygen atoms in total. The molecule has 0 saturated heterocycles. The highest BCUT2D eigenvalue weighted by molar-refractivity contribution is 5.78. The summed E-state index contributed by atoms with van der Waals surface area (Å²) in [5, 5.41) is 2.80. The number of ether oxygens (including phenoxy) is 1. The molecule has 0 aliphatic carbocycles. The summed E-state index contributed by atoms with van der Waals surface area (Å²) >= 11 is 0. The average molecular weight is 336 g/mol. The van der Waals surface area contributed by atoms with E-state index >= 15 is 0 Å². The SMILES string of the molecule is CCCCC(=O)N1CCn2cc(CC(=O)NCCOC)nc2[C@H]1C. The van der Waals surface area contributed by atoms with Crippen LogP contribution < -0.4 is 5.32 Å². The van der Waals surface area contributed by atoms with Crippen LogP contribution in [0.25, 0.3) is 0 Å². The fourth-order valence-electron chi connectivity index (χ4n) is 2.96. The van der Waals surface area contributed by atoms with Crippen molar-refractivity contribution in [3.05, 3.63) is 17.7 Å². The largest absolute Gasteiger partial charge is 0.383 e. The van der Waals surface area contributed by atoms with Gasteiger partial charge in [0.2, 0.25) is 11.8 Å². The van der Waals surface area contributed by atoms with E-state index < -0.39 is 0 Å². The Bertz CT molecular complexity index is 570. The minimum Gasteiger partial charge on any atom is -0.383 e. The molecular formula is C17H28N4O3. The van der Waals surface area contributed by atoms with Gasteiger partial charge in [-0.25, -0.2) is 4.98 Å². The van der Waals surface area contributed by atoms with Crippen molar-refractivity contribution in [1.29, 1.82) is 0 Å². The molecular weight excluding hydrogens is 308 g/mol. The molecule has 2 heterocycles. The van der Waals surface area contributed by atoms with E-state index in [1.165, 1.54) is 0 Å². The number of carbonyl (C=O) groups is 2. The highest BCUT2D eigenvalue weighted by Crippen LogP contribution is 2.25. The monoisotopic (exact) mass is 336 g/mol. The minimum absolute atomic E-state index is 0.0478. The standard InChI is InChI=1S/C17H28N4O3/c1-4-5-6-16(23)21-9-8-20-12-14(19-17(20)13(21)2)11-15(22)18-7-10-24-3/h12-13H,4-11H2,1-3H3,(H,18,22)/t13-/m1/s1. The third kappa shape index (κ3) is 4.56. The topological polar surface area (TPSA) is 76.5 Å². The molecule has 0 unspecified atom stereocenters. The van der Waals surface area contributed by atoms with Crippen molar-refractivity contribution in [2.45, 2.75) is 52.1 Å². The van der Waals surface area contributed by atoms with Gasteiger partial charge >= 0.3 is 0 Å². The van der Waals surface area contributed by atoms with Gasteiger partial charge in [0.25, 0.3) is 0 Å². The Morgan fingerprint density at radius 2 is 2.21 bits per heavy atom. The van der Waals surface area contributed by atoms with E-state index in [-0.39, 0.29) is 24.3 Å². The van der Waals surface area contributed by atoms with E-state index in [0.717, 1.165) is 30.9 Å². The van der Waals surface area contributed by atoms with Gasteiger partial charge in [-0.05, 0) is 13.3 Å². The fraction of sp³-hybridized carbons (Fsp3) is 0.706. The third-order valence-corrected chi connectivity index (χ3v) is 4.31. The molecule has 1 aliphatic rings. The second-order valence-electron chi connectivity index (χ2n) is 6.17. The van der Waals surface area contributed by atoms with Crippen LogP contribution in [0.5, 0.6) is 0 Å². The van der Waals surface area contributed by atoms with Crippen molar-refractivity contribution < 1.29 is 14.3 Å². The first-order chi connectivity index (χ1) is 11.6. The minimum atomic E-state index is -0.0639. The van der Waals surface area contributed by atoms with E-state index in [2.05, 4.69) is 21.8 Å². The Morgan fingerprint density at radius 3 is 2.92 bits per heavy atom. The molecule has 0 saturated carbocycles. The van der Waals surface area contributed by atoms with Crippen molar-refractivity contribution in [3.8, 4) is 0 Å². The molecule has 0 radical (unpaired) electrons. The highest BCUT2D eigenvalue weighted by atomic mass is 16.5. The van der Waals surface area contributed by atoms with Crippen LogP contribution in [0.1, 0.15) is 50.7 Å². The van der Waals surface area contributed by atoms with Gasteiger partial charge in [-0.2, -0.15) is 0 Å². The van der Waals surface area contributed by atoms with Gasteiger partial charge in [0.1, 0.15) is 5.82 Å². The van der Waals surface area contributed by atoms with Crippen molar-refractivity contribution in [1.82, 2.24) is 19.8 Å². The van der Waals surface area contributed by atoms with Crippen molar-refractivity contribution in [2.24, 2.45) is 0 Å². The number of nitrogens with one attached hydrogen (secondary N) is 1. The van der Waals surface area contributed by atoms with Gasteiger partial charge in [-0.15, -0.1) is 0 Å². The second-order valence-corrected chi connectivity index (χ2v) is 6.17. The molecule has 7 heteroatoms. The summed E-state index contributed by atoms with van der Waals surface area (Å²) < 4.78 is 6.97. The van der Waals surface area contributed by atoms with Crippen LogP contribution >= 0.6 is 0 Å². The molecule has 2 rings (SSSR count). The number of imidazole rings is 1. The molecule has 1 aliphatic heterocycles. The Hall–Kier alpha value is -1.89. The van der Waals surface area contributed by atoms with Gasteiger partial charge in [0.05, 0.1) is 24.8 Å². The first kappa shape index (κ1) is 18.4. The Kier molecular flexibility index (Phi) is 6.78. The van der Waals surface area contributed by atoms with Gasteiger partial charge in [0.15, 0.2) is 0 Å². The smallest absolute Gasteiger partial charge is 0.226 e. The Balaban J connectivity index is 1.97. The summed E-state index contributed by atoms with van der Waals surface area (Å²) in [7, 11) is 1.60. The molecule has 1 aromatic heterocycles. The summed E-state index contributed by atoms with van der Waals surface area (Å²) in [6.45, 7) is 6.52. The number of amides is 2. The van der Waals surface area contributed by atoms with Gasteiger partial charge in [0, 0.05) is 39.4 Å². The van der Waals surface area contributed by atoms with E-state index in [0.29, 0.717) is 26.1 Å². The molecule has 1 atom stereocenters. The molecule has 24 heavy (non-hydrogen) atoms. The zero-order valence-electron chi connectivity index (χ0n) is 14.9. The lowest BCUT2D eigenvalue weighted by atomic mass is 10.1. The van der Waals surface area contributed by atoms with E-state index in [9.17, 15) is 9.59 Å². The number of fused-ring (bicyclic) bond motifs is 1. The predicted molar refractivity (Wildman–Crippen MR) is 90.5 cm³/mol. The van der Waals surface area contributed by atoms with Crippen LogP contribution in [-0.4, -0.2) is 53.1 Å². The number of methoxy groups -OCH3 is 1. The van der Waals surface area contributed by atoms with Crippen molar-refractivity contribution >= 4 is 11.8 Å². The number of aromatic nitrogens is 2. The average Bonchev–Trinajstić information content (AvgIpc) is 2.96. The summed E-state index contributed by atoms with van der Waals surface area (Å²) in [6, 6.07) is -0.0478. The first-order valence-corrected chi connectivity index (χ1v) is 8.67. The maximum absolute atomic E-state index is 12.3. The quantitative estimate of drug-likeness (QED) is 0.726. The van der Waals surface area contributed by atoms with E-state index in [1.807, 2.05) is 18.0 Å². The fourth-order valence-corrected chi connectivity index (χ4v) is 2.96. The number of hydrogen-bond acceptors (Lipinski definition) is 4. The molecule has 0 bridgehead atoms. The molecule has 0 fully saturated rings. The maximum atomic E-state index is 12.3. The summed E-state index contributed by atoms with van der Waals surface area (Å²) in [5.74, 6) is 0.995. The normalized spacial score (nSPS) is 16.8. The second kappa shape index (κ2) is 8.82. The number of hydrogen-bond donors (Lipinski definition) is 1. The molecule has 1 aromatic rings.